The lowest BCUT2D eigenvalue weighted by atomic mass is 10.0. The lowest BCUT2D eigenvalue weighted by Gasteiger charge is -2.06. The van der Waals surface area contributed by atoms with Crippen molar-refractivity contribution in [2.24, 2.45) is 0 Å². The topological polar surface area (TPSA) is 65.9 Å². The number of nitrogens with two attached hydrogens (primary N) is 1. The second-order valence-corrected chi connectivity index (χ2v) is 4.17. The van der Waals surface area contributed by atoms with E-state index in [4.69, 9.17) is 5.73 Å². The molecule has 0 unspecified atom stereocenters. The fraction of sp³-hybridized carbons (Fsp3) is 0.250. The number of phenolic OH excluding ortho intramolecular Hbond substituents is 1. The summed E-state index contributed by atoms with van der Waals surface area (Å²) in [6.45, 7) is 4.10. The molecule has 1 heterocycles. The summed E-state index contributed by atoms with van der Waals surface area (Å²) in [5.74, 6) is 0.626. The van der Waals surface area contributed by atoms with Gasteiger partial charge < -0.3 is 10.8 Å². The molecule has 0 saturated carbocycles. The predicted octanol–water partition coefficient (Wildman–Crippen LogP) is 1.70. The van der Waals surface area contributed by atoms with Crippen LogP contribution in [0.5, 0.6) is 5.75 Å². The fourth-order valence-electron chi connectivity index (χ4n) is 1.69. The maximum Gasteiger partial charge on any atom is 0.239 e. The van der Waals surface area contributed by atoms with Crippen molar-refractivity contribution in [3.63, 3.8) is 0 Å². The summed E-state index contributed by atoms with van der Waals surface area (Å²) >= 11 is 0. The number of nitrogen functional groups attached to an aromatic ring is 1. The number of aromatic nitrogens is 2. The molecule has 16 heavy (non-hydrogen) atoms. The van der Waals surface area contributed by atoms with Crippen LogP contribution in [0.2, 0.25) is 0 Å². The number of H-pyrrole nitrogens is 1. The molecule has 1 aromatic carbocycles. The molecular weight excluding hydrogens is 202 g/mol. The van der Waals surface area contributed by atoms with Crippen molar-refractivity contribution in [2.75, 3.05) is 5.73 Å². The van der Waals surface area contributed by atoms with Gasteiger partial charge >= 0.3 is 0 Å². The van der Waals surface area contributed by atoms with Crippen molar-refractivity contribution >= 4 is 5.69 Å². The van der Waals surface area contributed by atoms with Crippen LogP contribution in [0.25, 0.3) is 5.69 Å². The number of hydrogen-bond acceptors (Lipinski definition) is 2. The highest BCUT2D eigenvalue weighted by atomic mass is 16.3. The van der Waals surface area contributed by atoms with Gasteiger partial charge in [-0.15, -0.1) is 0 Å². The van der Waals surface area contributed by atoms with Crippen LogP contribution in [0, 0.1) is 0 Å². The zero-order valence-corrected chi connectivity index (χ0v) is 9.44. The number of anilines is 1. The molecule has 4 nitrogen and oxygen atoms in total. The van der Waals surface area contributed by atoms with Crippen LogP contribution in [-0.4, -0.2) is 10.2 Å². The highest BCUT2D eigenvalue weighted by Gasteiger charge is 2.13. The maximum absolute atomic E-state index is 9.87. The minimum Gasteiger partial charge on any atom is -0.507 e. The van der Waals surface area contributed by atoms with Gasteiger partial charge in [0.2, 0.25) is 11.9 Å². The molecule has 0 atom stereocenters. The minimum atomic E-state index is 0.313. The van der Waals surface area contributed by atoms with Gasteiger partial charge in [0.1, 0.15) is 11.4 Å². The van der Waals surface area contributed by atoms with E-state index in [9.17, 15) is 5.11 Å². The average molecular weight is 218 g/mol. The van der Waals surface area contributed by atoms with Crippen LogP contribution in [0.3, 0.4) is 0 Å². The van der Waals surface area contributed by atoms with Gasteiger partial charge in [-0.3, -0.25) is 0 Å². The van der Waals surface area contributed by atoms with Gasteiger partial charge in [0.25, 0.3) is 0 Å². The Morgan fingerprint density at radius 1 is 1.38 bits per heavy atom. The van der Waals surface area contributed by atoms with Crippen molar-refractivity contribution in [2.45, 2.75) is 19.8 Å². The number of nitrogens with one attached hydrogen (secondary N) is 1. The molecule has 0 spiro atoms. The summed E-state index contributed by atoms with van der Waals surface area (Å²) in [5, 5.41) is 12.8. The van der Waals surface area contributed by atoms with E-state index in [-0.39, 0.29) is 0 Å². The van der Waals surface area contributed by atoms with Crippen LogP contribution < -0.4 is 10.4 Å². The van der Waals surface area contributed by atoms with E-state index in [2.05, 4.69) is 18.9 Å². The maximum atomic E-state index is 9.87. The first-order valence-corrected chi connectivity index (χ1v) is 5.27. The Kier molecular flexibility index (Phi) is 2.56. The molecule has 0 bridgehead atoms. The van der Waals surface area contributed by atoms with Crippen LogP contribution >= 0.6 is 0 Å². The first-order chi connectivity index (χ1) is 7.58. The third-order valence-corrected chi connectivity index (χ3v) is 2.56. The van der Waals surface area contributed by atoms with E-state index in [0.29, 0.717) is 17.4 Å². The second-order valence-electron chi connectivity index (χ2n) is 4.17. The van der Waals surface area contributed by atoms with Crippen LogP contribution in [-0.2, 0) is 0 Å². The molecule has 0 aliphatic rings. The van der Waals surface area contributed by atoms with E-state index in [1.807, 2.05) is 12.1 Å². The SMILES string of the molecule is CC(C)c1ccc(-[n+]2cc(N)c[nH]2)cc1O. The summed E-state index contributed by atoms with van der Waals surface area (Å²) in [6, 6.07) is 5.61. The first kappa shape index (κ1) is 10.5. The van der Waals surface area contributed by atoms with Crippen molar-refractivity contribution in [3.8, 4) is 11.4 Å². The molecule has 0 fully saturated rings. The van der Waals surface area contributed by atoms with E-state index >= 15 is 0 Å². The van der Waals surface area contributed by atoms with Gasteiger partial charge in [0.05, 0.1) is 12.3 Å². The van der Waals surface area contributed by atoms with E-state index in [0.717, 1.165) is 11.3 Å². The number of nitrogens with zero attached hydrogens (tertiary/aromatic N) is 1. The highest BCUT2D eigenvalue weighted by Crippen LogP contribution is 2.26. The van der Waals surface area contributed by atoms with Crippen molar-refractivity contribution in [1.29, 1.82) is 0 Å². The molecule has 0 aliphatic heterocycles. The summed E-state index contributed by atoms with van der Waals surface area (Å²) in [7, 11) is 0. The Morgan fingerprint density at radius 3 is 2.62 bits per heavy atom. The second kappa shape index (κ2) is 3.89. The number of hydrogen-bond donors (Lipinski definition) is 3. The van der Waals surface area contributed by atoms with E-state index < -0.39 is 0 Å². The Hall–Kier alpha value is -1.97. The predicted molar refractivity (Wildman–Crippen MR) is 62.5 cm³/mol. The quantitative estimate of drug-likeness (QED) is 0.672. The van der Waals surface area contributed by atoms with E-state index in [1.165, 1.54) is 0 Å². The number of aromatic amines is 1. The van der Waals surface area contributed by atoms with Gasteiger partial charge in [0, 0.05) is 6.07 Å². The summed E-state index contributed by atoms with van der Waals surface area (Å²) in [4.78, 5) is 0. The number of rotatable bonds is 2. The normalized spacial score (nSPS) is 10.9. The highest BCUT2D eigenvalue weighted by molar-refractivity contribution is 5.41. The molecule has 2 aromatic rings. The van der Waals surface area contributed by atoms with Gasteiger partial charge in [-0.2, -0.15) is 5.10 Å². The standard InChI is InChI=1S/C12H15N3O/c1-8(2)11-4-3-10(5-12(11)16)15-7-9(13)6-14-15/h3-8,16H,13H2,1-2H3/p+1. The van der Waals surface area contributed by atoms with Crippen molar-refractivity contribution < 1.29 is 9.79 Å². The Balaban J connectivity index is 2.42. The average Bonchev–Trinajstić information content (AvgIpc) is 2.64. The van der Waals surface area contributed by atoms with E-state index in [1.54, 1.807) is 23.1 Å². The fourth-order valence-corrected chi connectivity index (χ4v) is 1.69. The zero-order chi connectivity index (χ0) is 11.7. The van der Waals surface area contributed by atoms with Gasteiger partial charge in [0.15, 0.2) is 0 Å². The first-order valence-electron chi connectivity index (χ1n) is 5.27. The molecule has 0 aliphatic carbocycles. The number of aromatic hydroxyl groups is 1. The van der Waals surface area contributed by atoms with Gasteiger partial charge in [-0.05, 0) is 17.5 Å². The largest absolute Gasteiger partial charge is 0.507 e. The van der Waals surface area contributed by atoms with Crippen LogP contribution in [0.4, 0.5) is 5.69 Å². The molecule has 2 rings (SSSR count). The lowest BCUT2D eigenvalue weighted by Crippen LogP contribution is -2.31. The molecular formula is C12H16N3O+. The van der Waals surface area contributed by atoms with Gasteiger partial charge in [-0.1, -0.05) is 18.5 Å². The molecule has 0 amide bonds. The van der Waals surface area contributed by atoms with Crippen LogP contribution in [0.15, 0.2) is 30.6 Å². The molecule has 0 radical (unpaired) electrons. The van der Waals surface area contributed by atoms with Crippen molar-refractivity contribution in [1.82, 2.24) is 5.10 Å². The third-order valence-electron chi connectivity index (χ3n) is 2.56. The van der Waals surface area contributed by atoms with Crippen LogP contribution in [0.1, 0.15) is 25.3 Å². The molecule has 1 aromatic heterocycles. The molecule has 4 heteroatoms. The molecule has 4 N–H and O–H groups in total. The Labute approximate surface area is 94.3 Å². The summed E-state index contributed by atoms with van der Waals surface area (Å²) < 4.78 is 1.76. The number of phenols is 1. The Morgan fingerprint density at radius 2 is 2.12 bits per heavy atom. The third kappa shape index (κ3) is 1.86. The molecule has 84 valence electrons. The zero-order valence-electron chi connectivity index (χ0n) is 9.44. The summed E-state index contributed by atoms with van der Waals surface area (Å²) in [5.41, 5.74) is 8.09. The lowest BCUT2D eigenvalue weighted by molar-refractivity contribution is -0.655. The van der Waals surface area contributed by atoms with Gasteiger partial charge in [-0.25, -0.2) is 0 Å². The van der Waals surface area contributed by atoms with Crippen molar-refractivity contribution in [3.05, 3.63) is 36.2 Å². The molecule has 0 saturated heterocycles. The monoisotopic (exact) mass is 218 g/mol. The number of benzene rings is 1. The smallest absolute Gasteiger partial charge is 0.239 e. The summed E-state index contributed by atoms with van der Waals surface area (Å²) in [6.07, 6.45) is 3.47. The minimum absolute atomic E-state index is 0.313. The Bertz CT molecular complexity index is 503.